The van der Waals surface area contributed by atoms with Crippen LogP contribution in [0, 0.1) is 0 Å². The number of β-amino-alcohol motifs (C(OH)–C–C–N with tert-alkyl or cyclic N) is 1. The van der Waals surface area contributed by atoms with E-state index in [4.69, 9.17) is 4.42 Å². The monoisotopic (exact) mass is 296 g/mol. The molecule has 118 valence electrons. The van der Waals surface area contributed by atoms with E-state index in [9.17, 15) is 9.90 Å². The van der Waals surface area contributed by atoms with Crippen molar-refractivity contribution in [2.45, 2.75) is 44.8 Å². The summed E-state index contributed by atoms with van der Waals surface area (Å²) in [6, 6.07) is 0.00454. The maximum atomic E-state index is 12.2. The molecule has 7 heteroatoms. The number of hydrogen-bond acceptors (Lipinski definition) is 6. The van der Waals surface area contributed by atoms with E-state index in [0.29, 0.717) is 37.7 Å². The van der Waals surface area contributed by atoms with Crippen LogP contribution in [-0.4, -0.2) is 70.3 Å². The molecular weight excluding hydrogens is 272 g/mol. The van der Waals surface area contributed by atoms with Crippen LogP contribution >= 0.6 is 0 Å². The standard InChI is InChI=1S/C14H24N4O3/c1-9(2)14-16-15-12(21-14)5-6-13(20)18-7-10(17(3)4)11(19)8-18/h9-11,19H,5-8H2,1-4H3/t10-,11-/m1/s1. The van der Waals surface area contributed by atoms with Crippen LogP contribution in [0.3, 0.4) is 0 Å². The molecule has 7 nitrogen and oxygen atoms in total. The van der Waals surface area contributed by atoms with Gasteiger partial charge in [-0.25, -0.2) is 0 Å². The van der Waals surface area contributed by atoms with Crippen molar-refractivity contribution >= 4 is 5.91 Å². The van der Waals surface area contributed by atoms with Crippen LogP contribution in [0.4, 0.5) is 0 Å². The first-order valence-electron chi connectivity index (χ1n) is 7.33. The fourth-order valence-electron chi connectivity index (χ4n) is 2.45. The molecule has 0 unspecified atom stereocenters. The molecule has 2 rings (SSSR count). The minimum absolute atomic E-state index is 0.00454. The summed E-state index contributed by atoms with van der Waals surface area (Å²) in [5, 5.41) is 17.9. The van der Waals surface area contributed by atoms with Crippen LogP contribution in [0.2, 0.25) is 0 Å². The summed E-state index contributed by atoms with van der Waals surface area (Å²) in [6.45, 7) is 4.92. The number of carbonyl (C=O) groups excluding carboxylic acids is 1. The number of carbonyl (C=O) groups is 1. The molecular formula is C14H24N4O3. The zero-order valence-electron chi connectivity index (χ0n) is 13.1. The number of likely N-dealkylation sites (N-methyl/N-ethyl adjacent to an activating group) is 1. The van der Waals surface area contributed by atoms with Crippen molar-refractivity contribution in [1.82, 2.24) is 20.0 Å². The quantitative estimate of drug-likeness (QED) is 0.839. The third-order valence-corrected chi connectivity index (χ3v) is 3.80. The minimum atomic E-state index is -0.486. The second-order valence-electron chi connectivity index (χ2n) is 6.09. The summed E-state index contributed by atoms with van der Waals surface area (Å²) < 4.78 is 5.49. The molecule has 21 heavy (non-hydrogen) atoms. The summed E-state index contributed by atoms with van der Waals surface area (Å²) in [4.78, 5) is 15.8. The maximum Gasteiger partial charge on any atom is 0.223 e. The molecule has 1 aliphatic rings. The topological polar surface area (TPSA) is 82.7 Å². The van der Waals surface area contributed by atoms with E-state index >= 15 is 0 Å². The van der Waals surface area contributed by atoms with Gasteiger partial charge < -0.3 is 19.3 Å². The smallest absolute Gasteiger partial charge is 0.223 e. The average molecular weight is 296 g/mol. The van der Waals surface area contributed by atoms with Gasteiger partial charge in [0.05, 0.1) is 12.1 Å². The third kappa shape index (κ3) is 3.79. The van der Waals surface area contributed by atoms with Crippen molar-refractivity contribution in [3.8, 4) is 0 Å². The van der Waals surface area contributed by atoms with Crippen LogP contribution in [-0.2, 0) is 11.2 Å². The number of nitrogens with zero attached hydrogens (tertiary/aromatic N) is 4. The number of aliphatic hydroxyl groups excluding tert-OH is 1. The predicted molar refractivity (Wildman–Crippen MR) is 76.8 cm³/mol. The van der Waals surface area contributed by atoms with E-state index in [0.717, 1.165) is 0 Å². The van der Waals surface area contributed by atoms with E-state index in [-0.39, 0.29) is 17.9 Å². The second kappa shape index (κ2) is 6.53. The van der Waals surface area contributed by atoms with E-state index in [1.807, 2.05) is 32.8 Å². The Morgan fingerprint density at radius 2 is 2.14 bits per heavy atom. The molecule has 0 aliphatic carbocycles. The fourth-order valence-corrected chi connectivity index (χ4v) is 2.45. The molecule has 0 saturated carbocycles. The molecule has 2 atom stereocenters. The summed E-state index contributed by atoms with van der Waals surface area (Å²) in [6.07, 6.45) is 0.282. The Morgan fingerprint density at radius 3 is 2.67 bits per heavy atom. The van der Waals surface area contributed by atoms with Gasteiger partial charge in [0.1, 0.15) is 0 Å². The first kappa shape index (κ1) is 15.9. The Balaban J connectivity index is 1.85. The molecule has 1 aromatic rings. The van der Waals surface area contributed by atoms with Crippen molar-refractivity contribution < 1.29 is 14.3 Å². The summed E-state index contributed by atoms with van der Waals surface area (Å²) >= 11 is 0. The number of aliphatic hydroxyl groups is 1. The van der Waals surface area contributed by atoms with Crippen LogP contribution in [0.1, 0.15) is 38.0 Å². The first-order valence-corrected chi connectivity index (χ1v) is 7.33. The second-order valence-corrected chi connectivity index (χ2v) is 6.09. The molecule has 1 amide bonds. The Kier molecular flexibility index (Phi) is 4.95. The van der Waals surface area contributed by atoms with Crippen LogP contribution in [0.25, 0.3) is 0 Å². The minimum Gasteiger partial charge on any atom is -0.425 e. The van der Waals surface area contributed by atoms with Gasteiger partial charge in [0.2, 0.25) is 17.7 Å². The van der Waals surface area contributed by atoms with Crippen molar-refractivity contribution in [3.05, 3.63) is 11.8 Å². The normalized spacial score (nSPS) is 22.5. The predicted octanol–water partition coefficient (Wildman–Crippen LogP) is 0.259. The Labute approximate surface area is 124 Å². The zero-order valence-corrected chi connectivity index (χ0v) is 13.1. The van der Waals surface area contributed by atoms with Gasteiger partial charge in [-0.2, -0.15) is 0 Å². The number of hydrogen-bond donors (Lipinski definition) is 1. The highest BCUT2D eigenvalue weighted by Crippen LogP contribution is 2.17. The van der Waals surface area contributed by atoms with Gasteiger partial charge in [0.25, 0.3) is 0 Å². The van der Waals surface area contributed by atoms with Gasteiger partial charge in [-0.3, -0.25) is 4.79 Å². The lowest BCUT2D eigenvalue weighted by Crippen LogP contribution is -2.38. The number of aryl methyl sites for hydroxylation is 1. The SMILES string of the molecule is CC(C)c1nnc(CCC(=O)N2C[C@@H](O)[C@H](N(C)C)C2)o1. The van der Waals surface area contributed by atoms with Crippen molar-refractivity contribution in [1.29, 1.82) is 0 Å². The zero-order chi connectivity index (χ0) is 15.6. The first-order chi connectivity index (χ1) is 9.88. The van der Waals surface area contributed by atoms with Gasteiger partial charge in [-0.1, -0.05) is 13.8 Å². The van der Waals surface area contributed by atoms with E-state index in [2.05, 4.69) is 10.2 Å². The lowest BCUT2D eigenvalue weighted by Gasteiger charge is -2.21. The van der Waals surface area contributed by atoms with Crippen molar-refractivity contribution in [2.75, 3.05) is 27.2 Å². The van der Waals surface area contributed by atoms with E-state index < -0.39 is 6.10 Å². The molecule has 1 saturated heterocycles. The van der Waals surface area contributed by atoms with Gasteiger partial charge in [-0.05, 0) is 14.1 Å². The van der Waals surface area contributed by atoms with Crippen molar-refractivity contribution in [2.24, 2.45) is 0 Å². The molecule has 1 aromatic heterocycles. The van der Waals surface area contributed by atoms with Crippen LogP contribution in [0.5, 0.6) is 0 Å². The van der Waals surface area contributed by atoms with Gasteiger partial charge in [-0.15, -0.1) is 10.2 Å². The Morgan fingerprint density at radius 1 is 1.43 bits per heavy atom. The van der Waals surface area contributed by atoms with Crippen LogP contribution < -0.4 is 0 Å². The molecule has 1 aliphatic heterocycles. The number of likely N-dealkylation sites (tertiary alicyclic amines) is 1. The summed E-state index contributed by atoms with van der Waals surface area (Å²) in [5.74, 6) is 1.30. The highest BCUT2D eigenvalue weighted by molar-refractivity contribution is 5.76. The molecule has 0 spiro atoms. The lowest BCUT2D eigenvalue weighted by molar-refractivity contribution is -0.130. The summed E-state index contributed by atoms with van der Waals surface area (Å²) in [7, 11) is 3.82. The fraction of sp³-hybridized carbons (Fsp3) is 0.786. The van der Waals surface area contributed by atoms with Crippen LogP contribution in [0.15, 0.2) is 4.42 Å². The van der Waals surface area contributed by atoms with Gasteiger partial charge in [0.15, 0.2) is 0 Å². The lowest BCUT2D eigenvalue weighted by atomic mass is 10.2. The average Bonchev–Trinajstić information content (AvgIpc) is 3.02. The maximum absolute atomic E-state index is 12.2. The highest BCUT2D eigenvalue weighted by Gasteiger charge is 2.34. The largest absolute Gasteiger partial charge is 0.425 e. The van der Waals surface area contributed by atoms with E-state index in [1.54, 1.807) is 4.90 Å². The molecule has 2 heterocycles. The molecule has 1 fully saturated rings. The van der Waals surface area contributed by atoms with Gasteiger partial charge in [0, 0.05) is 31.8 Å². The Hall–Kier alpha value is -1.47. The molecule has 0 radical (unpaired) electrons. The number of rotatable bonds is 5. The molecule has 0 bridgehead atoms. The number of aromatic nitrogens is 2. The van der Waals surface area contributed by atoms with Gasteiger partial charge >= 0.3 is 0 Å². The Bertz CT molecular complexity index is 486. The van der Waals surface area contributed by atoms with E-state index in [1.165, 1.54) is 0 Å². The van der Waals surface area contributed by atoms with Crippen molar-refractivity contribution in [3.63, 3.8) is 0 Å². The highest BCUT2D eigenvalue weighted by atomic mass is 16.4. The third-order valence-electron chi connectivity index (χ3n) is 3.80. The molecule has 1 N–H and O–H groups in total. The number of amides is 1. The molecule has 0 aromatic carbocycles. The summed E-state index contributed by atoms with van der Waals surface area (Å²) in [5.41, 5.74) is 0.